The molecule has 34 heavy (non-hydrogen) atoms. The SMILES string of the molecule is CCCCO/C=C/C(=O)[C@]12OC(C)(C)O[C@@H]1C[C@@H]1[C@H]3CC=C4C[C@@H](O)CC[C@]4(C)[C@@H]3CC[C@]12C. The average Bonchev–Trinajstić information content (AvgIpc) is 3.19. The largest absolute Gasteiger partial charge is 0.501 e. The van der Waals surface area contributed by atoms with Crippen molar-refractivity contribution in [3.63, 3.8) is 0 Å². The van der Waals surface area contributed by atoms with Crippen LogP contribution in [-0.4, -0.2) is 41.1 Å². The lowest BCUT2D eigenvalue weighted by Crippen LogP contribution is -2.60. The van der Waals surface area contributed by atoms with Crippen molar-refractivity contribution in [2.45, 2.75) is 116 Å². The fraction of sp³-hybridized carbons (Fsp3) is 0.828. The van der Waals surface area contributed by atoms with Gasteiger partial charge in [-0.15, -0.1) is 0 Å². The first kappa shape index (κ1) is 24.5. The van der Waals surface area contributed by atoms with Gasteiger partial charge in [0.1, 0.15) is 0 Å². The monoisotopic (exact) mass is 472 g/mol. The predicted molar refractivity (Wildman–Crippen MR) is 131 cm³/mol. The quantitative estimate of drug-likeness (QED) is 0.232. The minimum absolute atomic E-state index is 0.00191. The predicted octanol–water partition coefficient (Wildman–Crippen LogP) is 5.71. The molecule has 0 aromatic carbocycles. The number of carbonyl (C=O) groups is 1. The Bertz CT molecular complexity index is 876. The van der Waals surface area contributed by atoms with Crippen LogP contribution < -0.4 is 0 Å². The van der Waals surface area contributed by atoms with Gasteiger partial charge in [0.15, 0.2) is 17.2 Å². The Balaban J connectivity index is 1.46. The van der Waals surface area contributed by atoms with Crippen LogP contribution in [0, 0.1) is 28.6 Å². The van der Waals surface area contributed by atoms with Gasteiger partial charge in [-0.05, 0) is 88.4 Å². The summed E-state index contributed by atoms with van der Waals surface area (Å²) in [6.45, 7) is 11.4. The lowest BCUT2D eigenvalue weighted by Gasteiger charge is -2.59. The van der Waals surface area contributed by atoms with E-state index in [4.69, 9.17) is 14.2 Å². The Kier molecular flexibility index (Phi) is 6.10. The normalized spacial score (nSPS) is 46.9. The van der Waals surface area contributed by atoms with E-state index in [9.17, 15) is 9.90 Å². The zero-order chi connectivity index (χ0) is 24.4. The van der Waals surface area contributed by atoms with Gasteiger partial charge in [0.05, 0.1) is 25.1 Å². The molecule has 0 radical (unpaired) electrons. The van der Waals surface area contributed by atoms with Gasteiger partial charge < -0.3 is 19.3 Å². The molecule has 0 unspecified atom stereocenters. The van der Waals surface area contributed by atoms with E-state index >= 15 is 0 Å². The maximum atomic E-state index is 13.9. The van der Waals surface area contributed by atoms with Crippen molar-refractivity contribution in [3.05, 3.63) is 24.0 Å². The molecule has 5 rings (SSSR count). The highest BCUT2D eigenvalue weighted by atomic mass is 16.8. The minimum atomic E-state index is -0.954. The molecule has 8 atom stereocenters. The molecule has 190 valence electrons. The van der Waals surface area contributed by atoms with Crippen LogP contribution in [-0.2, 0) is 19.0 Å². The lowest BCUT2D eigenvalue weighted by atomic mass is 9.46. The van der Waals surface area contributed by atoms with Gasteiger partial charge in [-0.25, -0.2) is 0 Å². The highest BCUT2D eigenvalue weighted by Gasteiger charge is 2.75. The molecule has 1 aliphatic heterocycles. The molecule has 0 spiro atoms. The van der Waals surface area contributed by atoms with E-state index in [0.717, 1.165) is 57.8 Å². The Morgan fingerprint density at radius 2 is 2.00 bits per heavy atom. The number of ether oxygens (including phenoxy) is 3. The molecule has 4 fully saturated rings. The molecule has 5 nitrogen and oxygen atoms in total. The average molecular weight is 473 g/mol. The van der Waals surface area contributed by atoms with Gasteiger partial charge in [0.25, 0.3) is 0 Å². The van der Waals surface area contributed by atoms with Gasteiger partial charge in [0, 0.05) is 11.5 Å². The topological polar surface area (TPSA) is 65.0 Å². The third-order valence-electron chi connectivity index (χ3n) is 10.4. The van der Waals surface area contributed by atoms with Crippen molar-refractivity contribution in [1.82, 2.24) is 0 Å². The molecule has 0 aromatic rings. The van der Waals surface area contributed by atoms with Gasteiger partial charge in [-0.2, -0.15) is 0 Å². The molecule has 0 aromatic heterocycles. The van der Waals surface area contributed by atoms with E-state index in [2.05, 4.69) is 26.8 Å². The maximum Gasteiger partial charge on any atom is 0.193 e. The molecule has 5 heteroatoms. The highest BCUT2D eigenvalue weighted by molar-refractivity contribution is 5.99. The first-order valence-electron chi connectivity index (χ1n) is 13.7. The summed E-state index contributed by atoms with van der Waals surface area (Å²) in [5.74, 6) is 0.741. The lowest BCUT2D eigenvalue weighted by molar-refractivity contribution is -0.212. The molecule has 0 bridgehead atoms. The molecule has 1 saturated heterocycles. The van der Waals surface area contributed by atoms with E-state index in [0.29, 0.717) is 24.4 Å². The third kappa shape index (κ3) is 3.48. The van der Waals surface area contributed by atoms with Gasteiger partial charge >= 0.3 is 0 Å². The Morgan fingerprint density at radius 1 is 1.21 bits per heavy atom. The van der Waals surface area contributed by atoms with Crippen LogP contribution in [0.15, 0.2) is 24.0 Å². The van der Waals surface area contributed by atoms with Crippen molar-refractivity contribution < 1.29 is 24.1 Å². The number of unbranched alkanes of at least 4 members (excludes halogenated alkanes) is 1. The molecule has 0 amide bonds. The standard InChI is InChI=1S/C29H44O5/c1-6-7-15-32-16-12-24(31)29-25(33-26(2,3)34-29)18-23-21-9-8-19-17-20(30)10-13-27(19,4)22(21)11-14-28(23,29)5/h8,12,16,20-23,25,30H,6-7,9-11,13-15,17-18H2,1-5H3/b16-12+/t20-,21-,22+,23+,25+,27-,28+,29-/m0/s1. The fourth-order valence-electron chi connectivity index (χ4n) is 8.71. The second-order valence-corrected chi connectivity index (χ2v) is 12.6. The zero-order valence-corrected chi connectivity index (χ0v) is 21.8. The number of aliphatic hydroxyl groups excluding tert-OH is 1. The summed E-state index contributed by atoms with van der Waals surface area (Å²) in [6, 6.07) is 0. The van der Waals surface area contributed by atoms with Crippen LogP contribution in [0.1, 0.15) is 92.4 Å². The van der Waals surface area contributed by atoms with Crippen LogP contribution in [0.2, 0.25) is 0 Å². The summed E-state index contributed by atoms with van der Waals surface area (Å²) in [6.07, 6.45) is 14.0. The summed E-state index contributed by atoms with van der Waals surface area (Å²) >= 11 is 0. The molecular formula is C29H44O5. The molecule has 3 saturated carbocycles. The van der Waals surface area contributed by atoms with Crippen molar-refractivity contribution >= 4 is 5.78 Å². The number of hydrogen-bond donors (Lipinski definition) is 1. The maximum absolute atomic E-state index is 13.9. The van der Waals surface area contributed by atoms with Crippen molar-refractivity contribution in [3.8, 4) is 0 Å². The van der Waals surface area contributed by atoms with Gasteiger partial charge in [-0.1, -0.05) is 38.8 Å². The van der Waals surface area contributed by atoms with E-state index in [1.807, 2.05) is 13.8 Å². The van der Waals surface area contributed by atoms with Crippen LogP contribution >= 0.6 is 0 Å². The molecular weight excluding hydrogens is 428 g/mol. The zero-order valence-electron chi connectivity index (χ0n) is 21.8. The van der Waals surface area contributed by atoms with E-state index in [1.165, 1.54) is 5.57 Å². The number of aliphatic hydroxyl groups is 1. The number of carbonyl (C=O) groups excluding carboxylic acids is 1. The van der Waals surface area contributed by atoms with Crippen molar-refractivity contribution in [2.24, 2.45) is 28.6 Å². The minimum Gasteiger partial charge on any atom is -0.501 e. The van der Waals surface area contributed by atoms with Crippen molar-refractivity contribution in [2.75, 3.05) is 6.61 Å². The summed E-state index contributed by atoms with van der Waals surface area (Å²) in [5, 5.41) is 10.3. The number of fused-ring (bicyclic) bond motifs is 7. The van der Waals surface area contributed by atoms with Crippen LogP contribution in [0.4, 0.5) is 0 Å². The second-order valence-electron chi connectivity index (χ2n) is 12.6. The highest BCUT2D eigenvalue weighted by Crippen LogP contribution is 2.70. The number of allylic oxidation sites excluding steroid dienone is 1. The van der Waals surface area contributed by atoms with Crippen LogP contribution in [0.3, 0.4) is 0 Å². The Labute approximate surface area is 205 Å². The summed E-state index contributed by atoms with van der Waals surface area (Å²) in [7, 11) is 0. The number of hydrogen-bond acceptors (Lipinski definition) is 5. The summed E-state index contributed by atoms with van der Waals surface area (Å²) < 4.78 is 18.7. The Morgan fingerprint density at radius 3 is 2.76 bits per heavy atom. The number of ketones is 1. The Hall–Kier alpha value is -1.17. The van der Waals surface area contributed by atoms with Gasteiger partial charge in [-0.3, -0.25) is 4.79 Å². The first-order valence-corrected chi connectivity index (χ1v) is 13.7. The van der Waals surface area contributed by atoms with Crippen molar-refractivity contribution in [1.29, 1.82) is 0 Å². The fourth-order valence-corrected chi connectivity index (χ4v) is 8.71. The third-order valence-corrected chi connectivity index (χ3v) is 10.4. The van der Waals surface area contributed by atoms with Crippen LogP contribution in [0.5, 0.6) is 0 Å². The van der Waals surface area contributed by atoms with Crippen LogP contribution in [0.25, 0.3) is 0 Å². The smallest absolute Gasteiger partial charge is 0.193 e. The summed E-state index contributed by atoms with van der Waals surface area (Å²) in [4.78, 5) is 13.9. The molecule has 5 aliphatic rings. The van der Waals surface area contributed by atoms with E-state index in [-0.39, 0.29) is 28.8 Å². The van der Waals surface area contributed by atoms with Gasteiger partial charge in [0.2, 0.25) is 0 Å². The van der Waals surface area contributed by atoms with E-state index in [1.54, 1.807) is 12.3 Å². The summed E-state index contributed by atoms with van der Waals surface area (Å²) in [5.41, 5.74) is 0.422. The molecule has 1 N–H and O–H groups in total. The second kappa shape index (κ2) is 8.45. The number of rotatable bonds is 6. The molecule has 1 heterocycles. The first-order chi connectivity index (χ1) is 16.1. The molecule has 4 aliphatic carbocycles. The van der Waals surface area contributed by atoms with E-state index < -0.39 is 11.4 Å².